The van der Waals surface area contributed by atoms with Crippen molar-refractivity contribution in [3.63, 3.8) is 0 Å². The molecule has 2 aliphatic heterocycles. The first-order chi connectivity index (χ1) is 9.10. The molecule has 3 nitrogen and oxygen atoms in total. The molecule has 0 saturated carbocycles. The molecule has 1 unspecified atom stereocenters. The average molecular weight is 360 g/mol. The van der Waals surface area contributed by atoms with Crippen LogP contribution in [-0.4, -0.2) is 37.0 Å². The molecule has 2 fully saturated rings. The number of rotatable bonds is 1. The Morgan fingerprint density at radius 1 is 1.40 bits per heavy atom. The van der Waals surface area contributed by atoms with E-state index in [0.29, 0.717) is 5.41 Å². The highest BCUT2D eigenvalue weighted by molar-refractivity contribution is 9.10. The molecular weight excluding hydrogens is 340 g/mol. The third-order valence-corrected chi connectivity index (χ3v) is 4.97. The van der Waals surface area contributed by atoms with Crippen LogP contribution in [0.4, 0.5) is 0 Å². The summed E-state index contributed by atoms with van der Waals surface area (Å²) in [5.41, 5.74) is 2.23. The first-order valence-electron chi connectivity index (χ1n) is 6.86. The van der Waals surface area contributed by atoms with Crippen LogP contribution in [-0.2, 0) is 0 Å². The van der Waals surface area contributed by atoms with Crippen LogP contribution < -0.4 is 5.32 Å². The van der Waals surface area contributed by atoms with Gasteiger partial charge in [0.2, 0.25) is 0 Å². The SMILES string of the molecule is Cc1cc(Br)ccc1C(=O)N1CCC2(CCNC2)C1.Cl. The van der Waals surface area contributed by atoms with Gasteiger partial charge in [-0.3, -0.25) is 4.79 Å². The van der Waals surface area contributed by atoms with Gasteiger partial charge in [-0.25, -0.2) is 0 Å². The van der Waals surface area contributed by atoms with Crippen LogP contribution in [0.25, 0.3) is 0 Å². The van der Waals surface area contributed by atoms with Crippen LogP contribution in [0.3, 0.4) is 0 Å². The van der Waals surface area contributed by atoms with E-state index in [1.54, 1.807) is 0 Å². The third kappa shape index (κ3) is 2.87. The smallest absolute Gasteiger partial charge is 0.254 e. The zero-order chi connectivity index (χ0) is 13.5. The number of carbonyl (C=O) groups excluding carboxylic acids is 1. The van der Waals surface area contributed by atoms with Gasteiger partial charge in [0.1, 0.15) is 0 Å². The number of aryl methyl sites for hydroxylation is 1. The van der Waals surface area contributed by atoms with Crippen molar-refractivity contribution in [2.45, 2.75) is 19.8 Å². The van der Waals surface area contributed by atoms with Crippen molar-refractivity contribution >= 4 is 34.2 Å². The van der Waals surface area contributed by atoms with E-state index in [1.165, 1.54) is 6.42 Å². The first kappa shape index (κ1) is 15.8. The maximum Gasteiger partial charge on any atom is 0.254 e. The zero-order valence-corrected chi connectivity index (χ0v) is 14.0. The Balaban J connectivity index is 0.00000147. The summed E-state index contributed by atoms with van der Waals surface area (Å²) in [6, 6.07) is 5.89. The van der Waals surface area contributed by atoms with E-state index in [1.807, 2.05) is 30.0 Å². The minimum Gasteiger partial charge on any atom is -0.338 e. The lowest BCUT2D eigenvalue weighted by atomic mass is 9.86. The van der Waals surface area contributed by atoms with E-state index in [4.69, 9.17) is 0 Å². The maximum absolute atomic E-state index is 12.6. The zero-order valence-electron chi connectivity index (χ0n) is 11.6. The number of amides is 1. The van der Waals surface area contributed by atoms with E-state index in [2.05, 4.69) is 21.2 Å². The Hall–Kier alpha value is -0.580. The minimum atomic E-state index is 0. The molecule has 1 amide bonds. The molecule has 0 radical (unpaired) electrons. The van der Waals surface area contributed by atoms with Crippen LogP contribution in [0.1, 0.15) is 28.8 Å². The van der Waals surface area contributed by atoms with Crippen molar-refractivity contribution < 1.29 is 4.79 Å². The fourth-order valence-corrected chi connectivity index (χ4v) is 3.77. The fourth-order valence-electron chi connectivity index (χ4n) is 3.29. The molecule has 1 N–H and O–H groups in total. The lowest BCUT2D eigenvalue weighted by Crippen LogP contribution is -2.33. The number of hydrogen-bond donors (Lipinski definition) is 1. The summed E-state index contributed by atoms with van der Waals surface area (Å²) < 4.78 is 1.03. The largest absolute Gasteiger partial charge is 0.338 e. The van der Waals surface area contributed by atoms with Gasteiger partial charge in [0, 0.05) is 35.1 Å². The van der Waals surface area contributed by atoms with Gasteiger partial charge in [0.25, 0.3) is 5.91 Å². The fraction of sp³-hybridized carbons (Fsp3) is 0.533. The summed E-state index contributed by atoms with van der Waals surface area (Å²) in [6.45, 7) is 5.97. The van der Waals surface area contributed by atoms with Crippen molar-refractivity contribution in [3.05, 3.63) is 33.8 Å². The molecule has 2 aliphatic rings. The number of halogens is 2. The van der Waals surface area contributed by atoms with Gasteiger partial charge in [0.05, 0.1) is 0 Å². The summed E-state index contributed by atoms with van der Waals surface area (Å²) >= 11 is 3.44. The predicted molar refractivity (Wildman–Crippen MR) is 86.6 cm³/mol. The third-order valence-electron chi connectivity index (χ3n) is 4.48. The lowest BCUT2D eigenvalue weighted by molar-refractivity contribution is 0.0775. The van der Waals surface area contributed by atoms with Crippen LogP contribution in [0.5, 0.6) is 0 Å². The quantitative estimate of drug-likeness (QED) is 0.836. The second-order valence-corrected chi connectivity index (χ2v) is 6.78. The van der Waals surface area contributed by atoms with Gasteiger partial charge in [-0.15, -0.1) is 12.4 Å². The summed E-state index contributed by atoms with van der Waals surface area (Å²) in [6.07, 6.45) is 2.34. The Morgan fingerprint density at radius 2 is 2.20 bits per heavy atom. The number of nitrogens with one attached hydrogen (secondary N) is 1. The Bertz CT molecular complexity index is 515. The summed E-state index contributed by atoms with van der Waals surface area (Å²) in [5, 5.41) is 3.43. The molecule has 5 heteroatoms. The molecule has 1 spiro atoms. The van der Waals surface area contributed by atoms with Crippen LogP contribution in [0, 0.1) is 12.3 Å². The van der Waals surface area contributed by atoms with Gasteiger partial charge in [-0.1, -0.05) is 15.9 Å². The molecule has 1 aromatic rings. The number of benzene rings is 1. The van der Waals surface area contributed by atoms with Crippen LogP contribution in [0.15, 0.2) is 22.7 Å². The van der Waals surface area contributed by atoms with Crippen molar-refractivity contribution in [2.75, 3.05) is 26.2 Å². The van der Waals surface area contributed by atoms with E-state index in [-0.39, 0.29) is 18.3 Å². The van der Waals surface area contributed by atoms with Crippen LogP contribution >= 0.6 is 28.3 Å². The predicted octanol–water partition coefficient (Wildman–Crippen LogP) is 3.00. The molecule has 1 atom stereocenters. The van der Waals surface area contributed by atoms with E-state index in [0.717, 1.165) is 48.2 Å². The molecule has 2 heterocycles. The minimum absolute atomic E-state index is 0. The summed E-state index contributed by atoms with van der Waals surface area (Å²) in [5.74, 6) is 0.189. The number of carbonyl (C=O) groups is 1. The molecule has 2 saturated heterocycles. The topological polar surface area (TPSA) is 32.3 Å². The Labute approximate surface area is 134 Å². The standard InChI is InChI=1S/C15H19BrN2O.ClH/c1-11-8-12(16)2-3-13(11)14(19)18-7-5-15(10-18)4-6-17-9-15;/h2-3,8,17H,4-7,9-10H2,1H3;1H. The van der Waals surface area contributed by atoms with Gasteiger partial charge in [-0.2, -0.15) is 0 Å². The van der Waals surface area contributed by atoms with Crippen molar-refractivity contribution in [2.24, 2.45) is 5.41 Å². The first-order valence-corrected chi connectivity index (χ1v) is 7.65. The highest BCUT2D eigenvalue weighted by Gasteiger charge is 2.42. The number of likely N-dealkylation sites (tertiary alicyclic amines) is 1. The molecule has 0 bridgehead atoms. The maximum atomic E-state index is 12.6. The Kier molecular flexibility index (Phi) is 4.77. The molecule has 0 aromatic heterocycles. The van der Waals surface area contributed by atoms with Gasteiger partial charge in [0.15, 0.2) is 0 Å². The van der Waals surface area contributed by atoms with E-state index < -0.39 is 0 Å². The average Bonchev–Trinajstić information content (AvgIpc) is 3.00. The van der Waals surface area contributed by atoms with Crippen molar-refractivity contribution in [1.82, 2.24) is 10.2 Å². The normalized spacial score (nSPS) is 25.0. The van der Waals surface area contributed by atoms with Gasteiger partial charge in [-0.05, 0) is 50.1 Å². The molecule has 0 aliphatic carbocycles. The summed E-state index contributed by atoms with van der Waals surface area (Å²) in [7, 11) is 0. The molecule has 110 valence electrons. The lowest BCUT2D eigenvalue weighted by Gasteiger charge is -2.23. The second-order valence-electron chi connectivity index (χ2n) is 5.86. The number of nitrogens with zero attached hydrogens (tertiary/aromatic N) is 1. The Morgan fingerprint density at radius 3 is 2.85 bits per heavy atom. The van der Waals surface area contributed by atoms with Gasteiger partial charge < -0.3 is 10.2 Å². The van der Waals surface area contributed by atoms with Gasteiger partial charge >= 0.3 is 0 Å². The van der Waals surface area contributed by atoms with Crippen molar-refractivity contribution in [1.29, 1.82) is 0 Å². The monoisotopic (exact) mass is 358 g/mol. The van der Waals surface area contributed by atoms with E-state index >= 15 is 0 Å². The molecule has 1 aromatic carbocycles. The van der Waals surface area contributed by atoms with E-state index in [9.17, 15) is 4.79 Å². The van der Waals surface area contributed by atoms with Crippen LogP contribution in [0.2, 0.25) is 0 Å². The second kappa shape index (κ2) is 6.04. The highest BCUT2D eigenvalue weighted by atomic mass is 79.9. The van der Waals surface area contributed by atoms with Crippen molar-refractivity contribution in [3.8, 4) is 0 Å². The molecule has 20 heavy (non-hydrogen) atoms. The highest BCUT2D eigenvalue weighted by Crippen LogP contribution is 2.36. The number of hydrogen-bond acceptors (Lipinski definition) is 2. The molecule has 3 rings (SSSR count). The summed E-state index contributed by atoms with van der Waals surface area (Å²) in [4.78, 5) is 14.6. The molecular formula is C15H20BrClN2O.